The van der Waals surface area contributed by atoms with Gasteiger partial charge in [0.15, 0.2) is 5.11 Å². The molecule has 0 atom stereocenters. The minimum atomic E-state index is 0.815. The van der Waals surface area contributed by atoms with Gasteiger partial charge in [0.05, 0.1) is 27.2 Å². The maximum absolute atomic E-state index is 5.38. The number of benzene rings is 1. The van der Waals surface area contributed by atoms with Crippen molar-refractivity contribution in [3.05, 3.63) is 29.8 Å². The monoisotopic (exact) mass is 298 g/mol. The minimum absolute atomic E-state index is 0.815. The van der Waals surface area contributed by atoms with E-state index >= 15 is 0 Å². The quantitative estimate of drug-likeness (QED) is 0.599. The lowest BCUT2D eigenvalue weighted by atomic mass is 10.2. The first-order chi connectivity index (χ1) is 9.02. The molecule has 0 aliphatic rings. The van der Waals surface area contributed by atoms with Crippen LogP contribution in [0.4, 0.5) is 0 Å². The Kier molecular flexibility index (Phi) is 7.20. The molecule has 1 aromatic carbocycles. The third-order valence-corrected chi connectivity index (χ3v) is 4.03. The zero-order chi connectivity index (χ0) is 14.3. The third-order valence-electron chi connectivity index (χ3n) is 2.83. The molecule has 3 nitrogen and oxygen atoms in total. The van der Waals surface area contributed by atoms with Crippen LogP contribution in [0.3, 0.4) is 0 Å². The fourth-order valence-electron chi connectivity index (χ4n) is 1.63. The highest BCUT2D eigenvalue weighted by Gasteiger charge is 2.05. The molecule has 5 heteroatoms. The smallest absolute Gasteiger partial charge is 0.169 e. The van der Waals surface area contributed by atoms with E-state index in [1.807, 2.05) is 7.05 Å². The first-order valence-electron chi connectivity index (χ1n) is 6.44. The van der Waals surface area contributed by atoms with Gasteiger partial charge in [0, 0.05) is 18.5 Å². The van der Waals surface area contributed by atoms with Crippen molar-refractivity contribution < 1.29 is 4.90 Å². The molecule has 1 rings (SSSR count). The lowest BCUT2D eigenvalue weighted by Gasteiger charge is -2.21. The molecule has 0 aliphatic heterocycles. The Labute approximate surface area is 126 Å². The van der Waals surface area contributed by atoms with E-state index in [9.17, 15) is 0 Å². The normalized spacial score (nSPS) is 10.6. The maximum atomic E-state index is 5.38. The number of hydrogen-bond acceptors (Lipinski definition) is 2. The van der Waals surface area contributed by atoms with Crippen molar-refractivity contribution in [2.75, 3.05) is 40.5 Å². The molecular weight excluding hydrogens is 274 g/mol. The molecule has 0 radical (unpaired) electrons. The molecule has 0 heterocycles. The molecule has 0 fully saturated rings. The summed E-state index contributed by atoms with van der Waals surface area (Å²) in [6.07, 6.45) is 2.09. The number of rotatable bonds is 6. The van der Waals surface area contributed by atoms with Crippen LogP contribution in [-0.4, -0.2) is 50.5 Å². The molecule has 0 saturated heterocycles. The predicted molar refractivity (Wildman–Crippen MR) is 88.0 cm³/mol. The van der Waals surface area contributed by atoms with Gasteiger partial charge in [-0.1, -0.05) is 12.1 Å². The molecule has 0 saturated carbocycles. The van der Waals surface area contributed by atoms with E-state index in [1.54, 1.807) is 11.8 Å². The largest absolute Gasteiger partial charge is 0.357 e. The van der Waals surface area contributed by atoms with E-state index < -0.39 is 0 Å². The first kappa shape index (κ1) is 16.3. The summed E-state index contributed by atoms with van der Waals surface area (Å²) in [4.78, 5) is 4.79. The maximum Gasteiger partial charge on any atom is 0.169 e. The van der Waals surface area contributed by atoms with E-state index in [0.717, 1.165) is 24.7 Å². The second kappa shape index (κ2) is 8.40. The van der Waals surface area contributed by atoms with Crippen molar-refractivity contribution in [2.45, 2.75) is 11.4 Å². The summed E-state index contributed by atoms with van der Waals surface area (Å²) in [6, 6.07) is 8.63. The number of quaternary nitrogens is 1. The summed E-state index contributed by atoms with van der Waals surface area (Å²) < 4.78 is 0. The lowest BCUT2D eigenvalue weighted by molar-refractivity contribution is -0.856. The number of nitrogens with one attached hydrogen (secondary N) is 2. The summed E-state index contributed by atoms with van der Waals surface area (Å²) >= 11 is 7.14. The second-order valence-corrected chi connectivity index (χ2v) is 6.16. The van der Waals surface area contributed by atoms with E-state index in [4.69, 9.17) is 12.2 Å². The number of thioether (sulfide) groups is 1. The van der Waals surface area contributed by atoms with Crippen LogP contribution in [-0.2, 0) is 6.54 Å². The molecule has 19 heavy (non-hydrogen) atoms. The van der Waals surface area contributed by atoms with Crippen molar-refractivity contribution in [2.24, 2.45) is 0 Å². The summed E-state index contributed by atoms with van der Waals surface area (Å²) in [6.45, 7) is 2.82. The van der Waals surface area contributed by atoms with Crippen LogP contribution >= 0.6 is 24.0 Å². The van der Waals surface area contributed by atoms with Crippen LogP contribution < -0.4 is 10.2 Å². The van der Waals surface area contributed by atoms with Crippen LogP contribution in [0.15, 0.2) is 29.2 Å². The molecule has 0 unspecified atom stereocenters. The van der Waals surface area contributed by atoms with Gasteiger partial charge in [-0.3, -0.25) is 0 Å². The zero-order valence-corrected chi connectivity index (χ0v) is 13.8. The SMILES string of the molecule is CSc1ccc(CN(C)C(=S)NCC[NH+](C)C)cc1. The molecule has 1 aromatic rings. The second-order valence-electron chi connectivity index (χ2n) is 4.89. The Morgan fingerprint density at radius 3 is 2.47 bits per heavy atom. The van der Waals surface area contributed by atoms with Gasteiger partial charge in [0.1, 0.15) is 0 Å². The van der Waals surface area contributed by atoms with Crippen molar-refractivity contribution in [1.82, 2.24) is 10.2 Å². The Hall–Kier alpha value is -0.780. The van der Waals surface area contributed by atoms with Gasteiger partial charge >= 0.3 is 0 Å². The topological polar surface area (TPSA) is 19.7 Å². The van der Waals surface area contributed by atoms with Gasteiger partial charge in [-0.15, -0.1) is 11.8 Å². The highest BCUT2D eigenvalue weighted by molar-refractivity contribution is 7.98. The van der Waals surface area contributed by atoms with Gasteiger partial charge < -0.3 is 15.1 Å². The molecule has 0 amide bonds. The van der Waals surface area contributed by atoms with Gasteiger partial charge in [-0.25, -0.2) is 0 Å². The Bertz CT molecular complexity index is 390. The van der Waals surface area contributed by atoms with E-state index in [2.05, 4.69) is 54.8 Å². The molecule has 0 aromatic heterocycles. The Morgan fingerprint density at radius 2 is 1.95 bits per heavy atom. The van der Waals surface area contributed by atoms with Gasteiger partial charge in [-0.2, -0.15) is 0 Å². The summed E-state index contributed by atoms with van der Waals surface area (Å²) in [7, 11) is 6.31. The number of hydrogen-bond donors (Lipinski definition) is 2. The Balaban J connectivity index is 2.40. The van der Waals surface area contributed by atoms with Crippen molar-refractivity contribution in [3.63, 3.8) is 0 Å². The predicted octanol–water partition coefficient (Wildman–Crippen LogP) is 0.859. The van der Waals surface area contributed by atoms with Crippen LogP contribution in [0.5, 0.6) is 0 Å². The van der Waals surface area contributed by atoms with Crippen LogP contribution in [0, 0.1) is 0 Å². The highest BCUT2D eigenvalue weighted by atomic mass is 32.2. The van der Waals surface area contributed by atoms with Gasteiger partial charge in [0.2, 0.25) is 0 Å². The fraction of sp³-hybridized carbons (Fsp3) is 0.500. The van der Waals surface area contributed by atoms with Crippen LogP contribution in [0.1, 0.15) is 5.56 Å². The minimum Gasteiger partial charge on any atom is -0.357 e. The molecule has 0 bridgehead atoms. The average molecular weight is 299 g/mol. The number of nitrogens with zero attached hydrogens (tertiary/aromatic N) is 1. The summed E-state index contributed by atoms with van der Waals surface area (Å²) in [5.74, 6) is 0. The summed E-state index contributed by atoms with van der Waals surface area (Å²) in [5, 5.41) is 4.10. The van der Waals surface area contributed by atoms with Crippen LogP contribution in [0.25, 0.3) is 0 Å². The van der Waals surface area contributed by atoms with E-state index in [-0.39, 0.29) is 0 Å². The zero-order valence-electron chi connectivity index (χ0n) is 12.2. The molecule has 0 spiro atoms. The van der Waals surface area contributed by atoms with Gasteiger partial charge in [0.25, 0.3) is 0 Å². The lowest BCUT2D eigenvalue weighted by Crippen LogP contribution is -3.06. The van der Waals surface area contributed by atoms with Gasteiger partial charge in [-0.05, 0) is 36.2 Å². The first-order valence-corrected chi connectivity index (χ1v) is 8.07. The average Bonchev–Trinajstić information content (AvgIpc) is 2.39. The van der Waals surface area contributed by atoms with Crippen molar-refractivity contribution >= 4 is 29.1 Å². The molecule has 106 valence electrons. The standard InChI is InChI=1S/C14H23N3S2/c1-16(2)10-9-15-14(18)17(3)11-12-5-7-13(19-4)8-6-12/h5-8H,9-11H2,1-4H3,(H,15,18)/p+1. The number of likely N-dealkylation sites (N-methyl/N-ethyl adjacent to an activating group) is 1. The fourth-order valence-corrected chi connectivity index (χ4v) is 2.21. The molecular formula is C14H24N3S2+. The summed E-state index contributed by atoms with van der Waals surface area (Å²) in [5.41, 5.74) is 1.28. The van der Waals surface area contributed by atoms with Crippen LogP contribution in [0.2, 0.25) is 0 Å². The Morgan fingerprint density at radius 1 is 1.32 bits per heavy atom. The van der Waals surface area contributed by atoms with E-state index in [0.29, 0.717) is 0 Å². The molecule has 2 N–H and O–H groups in total. The van der Waals surface area contributed by atoms with E-state index in [1.165, 1.54) is 15.4 Å². The highest BCUT2D eigenvalue weighted by Crippen LogP contribution is 2.15. The molecule has 0 aliphatic carbocycles. The van der Waals surface area contributed by atoms with Crippen molar-refractivity contribution in [1.29, 1.82) is 0 Å². The van der Waals surface area contributed by atoms with Crippen molar-refractivity contribution in [3.8, 4) is 0 Å². The number of thiocarbonyl (C=S) groups is 1. The third kappa shape index (κ3) is 6.27.